The standard InChI is InChI=1S/C28H34F4O4/c1-4-26(33)35-16-8-6-9-21-11-13-23(14-12-21)36-28(31,32)27-24(29)17-22(18-25(27)30)10-5-7-15-34-19-20(2)3/h11-14,17-18H,2,4-10,15-16,19H2,1,3H3. The summed E-state index contributed by atoms with van der Waals surface area (Å²) in [5.41, 5.74) is 0.649. The molecule has 0 unspecified atom stereocenters. The van der Waals surface area contributed by atoms with Crippen molar-refractivity contribution in [3.63, 3.8) is 0 Å². The first-order valence-corrected chi connectivity index (χ1v) is 12.1. The van der Waals surface area contributed by atoms with Gasteiger partial charge in [0.1, 0.15) is 22.9 Å². The lowest BCUT2D eigenvalue weighted by molar-refractivity contribution is -0.189. The van der Waals surface area contributed by atoms with E-state index in [4.69, 9.17) is 9.47 Å². The second-order valence-electron chi connectivity index (χ2n) is 8.70. The van der Waals surface area contributed by atoms with Crippen molar-refractivity contribution in [3.8, 4) is 5.75 Å². The van der Waals surface area contributed by atoms with Crippen molar-refractivity contribution in [2.24, 2.45) is 0 Å². The molecule has 0 atom stereocenters. The Morgan fingerprint density at radius 1 is 0.917 bits per heavy atom. The Kier molecular flexibility index (Phi) is 11.9. The van der Waals surface area contributed by atoms with Gasteiger partial charge < -0.3 is 14.2 Å². The van der Waals surface area contributed by atoms with Crippen molar-refractivity contribution < 1.29 is 36.6 Å². The zero-order chi connectivity index (χ0) is 26.6. The molecule has 0 spiro atoms. The average molecular weight is 511 g/mol. The zero-order valence-corrected chi connectivity index (χ0v) is 20.9. The van der Waals surface area contributed by atoms with Crippen LogP contribution in [0.4, 0.5) is 17.6 Å². The number of hydrogen-bond donors (Lipinski definition) is 0. The summed E-state index contributed by atoms with van der Waals surface area (Å²) in [6.07, 6.45) is -0.177. The van der Waals surface area contributed by atoms with Crippen LogP contribution in [-0.2, 0) is 33.2 Å². The maximum Gasteiger partial charge on any atom is 0.432 e. The summed E-state index contributed by atoms with van der Waals surface area (Å²) in [6.45, 7) is 8.56. The van der Waals surface area contributed by atoms with Crippen LogP contribution >= 0.6 is 0 Å². The summed E-state index contributed by atoms with van der Waals surface area (Å²) in [5, 5.41) is 0. The van der Waals surface area contributed by atoms with E-state index in [0.29, 0.717) is 63.9 Å². The highest BCUT2D eigenvalue weighted by Crippen LogP contribution is 2.35. The molecule has 4 nitrogen and oxygen atoms in total. The lowest BCUT2D eigenvalue weighted by Crippen LogP contribution is -2.25. The molecule has 0 aliphatic rings. The predicted octanol–water partition coefficient (Wildman–Crippen LogP) is 7.28. The zero-order valence-electron chi connectivity index (χ0n) is 20.9. The Hall–Kier alpha value is -2.87. The molecule has 2 aromatic rings. The van der Waals surface area contributed by atoms with Gasteiger partial charge in [-0.25, -0.2) is 8.78 Å². The summed E-state index contributed by atoms with van der Waals surface area (Å²) in [4.78, 5) is 11.1. The molecule has 0 radical (unpaired) electrons. The van der Waals surface area contributed by atoms with Crippen LogP contribution in [0.5, 0.6) is 5.75 Å². The molecular formula is C28H34F4O4. The van der Waals surface area contributed by atoms with E-state index in [1.807, 2.05) is 6.92 Å². The number of carbonyl (C=O) groups is 1. The van der Waals surface area contributed by atoms with Gasteiger partial charge in [-0.3, -0.25) is 4.79 Å². The van der Waals surface area contributed by atoms with Crippen molar-refractivity contribution in [2.45, 2.75) is 64.9 Å². The fraction of sp³-hybridized carbons (Fsp3) is 0.464. The fourth-order valence-corrected chi connectivity index (χ4v) is 3.47. The summed E-state index contributed by atoms with van der Waals surface area (Å²) >= 11 is 0. The number of alkyl halides is 2. The Morgan fingerprint density at radius 2 is 1.50 bits per heavy atom. The largest absolute Gasteiger partial charge is 0.466 e. The number of hydrogen-bond acceptors (Lipinski definition) is 4. The quantitative estimate of drug-likeness (QED) is 0.103. The third-order valence-electron chi connectivity index (χ3n) is 5.33. The normalized spacial score (nSPS) is 11.4. The van der Waals surface area contributed by atoms with E-state index in [9.17, 15) is 22.4 Å². The molecule has 0 amide bonds. The molecule has 8 heteroatoms. The molecule has 0 fully saturated rings. The van der Waals surface area contributed by atoms with Gasteiger partial charge in [-0.05, 0) is 80.8 Å². The van der Waals surface area contributed by atoms with E-state index in [2.05, 4.69) is 11.3 Å². The number of halogens is 4. The number of esters is 1. The third kappa shape index (κ3) is 10.0. The number of ether oxygens (including phenoxy) is 3. The fourth-order valence-electron chi connectivity index (χ4n) is 3.47. The molecule has 36 heavy (non-hydrogen) atoms. The first kappa shape index (κ1) is 29.4. The van der Waals surface area contributed by atoms with E-state index < -0.39 is 23.3 Å². The SMILES string of the molecule is C=C(C)COCCCCc1cc(F)c(C(F)(F)Oc2ccc(CCCCOC(=O)CC)cc2)c(F)c1. The maximum absolute atomic E-state index is 14.7. The van der Waals surface area contributed by atoms with Gasteiger partial charge in [-0.15, -0.1) is 0 Å². The lowest BCUT2D eigenvalue weighted by atomic mass is 10.0. The molecule has 0 saturated heterocycles. The topological polar surface area (TPSA) is 44.8 Å². The van der Waals surface area contributed by atoms with E-state index in [0.717, 1.165) is 29.7 Å². The summed E-state index contributed by atoms with van der Waals surface area (Å²) in [5.74, 6) is -3.17. The van der Waals surface area contributed by atoms with Crippen LogP contribution in [0.25, 0.3) is 0 Å². The second-order valence-corrected chi connectivity index (χ2v) is 8.70. The molecule has 0 saturated carbocycles. The van der Waals surface area contributed by atoms with Gasteiger partial charge in [-0.2, -0.15) is 8.78 Å². The number of aryl methyl sites for hydroxylation is 2. The van der Waals surface area contributed by atoms with Crippen LogP contribution in [0.1, 0.15) is 62.6 Å². The van der Waals surface area contributed by atoms with Crippen LogP contribution < -0.4 is 4.74 Å². The molecular weight excluding hydrogens is 476 g/mol. The Morgan fingerprint density at radius 3 is 2.08 bits per heavy atom. The van der Waals surface area contributed by atoms with Gasteiger partial charge >= 0.3 is 12.1 Å². The van der Waals surface area contributed by atoms with Gasteiger partial charge in [0.15, 0.2) is 0 Å². The summed E-state index contributed by atoms with van der Waals surface area (Å²) in [6, 6.07) is 7.73. The molecule has 0 aliphatic carbocycles. The number of rotatable bonds is 16. The van der Waals surface area contributed by atoms with Crippen molar-refractivity contribution in [1.29, 1.82) is 0 Å². The maximum atomic E-state index is 14.7. The molecule has 0 N–H and O–H groups in total. The van der Waals surface area contributed by atoms with Gasteiger partial charge in [0, 0.05) is 13.0 Å². The van der Waals surface area contributed by atoms with Crippen molar-refractivity contribution in [1.82, 2.24) is 0 Å². The molecule has 0 aliphatic heterocycles. The Balaban J connectivity index is 1.89. The molecule has 0 bridgehead atoms. The number of benzene rings is 2. The molecule has 0 heterocycles. The first-order valence-electron chi connectivity index (χ1n) is 12.1. The Labute approximate surface area is 210 Å². The second kappa shape index (κ2) is 14.6. The summed E-state index contributed by atoms with van der Waals surface area (Å²) < 4.78 is 73.4. The minimum atomic E-state index is -4.19. The first-order chi connectivity index (χ1) is 17.1. The molecule has 0 aromatic heterocycles. The van der Waals surface area contributed by atoms with E-state index in [-0.39, 0.29) is 11.7 Å². The van der Waals surface area contributed by atoms with E-state index in [1.54, 1.807) is 19.1 Å². The van der Waals surface area contributed by atoms with Gasteiger partial charge in [0.2, 0.25) is 0 Å². The molecule has 2 aromatic carbocycles. The van der Waals surface area contributed by atoms with Crippen molar-refractivity contribution in [3.05, 3.63) is 76.9 Å². The average Bonchev–Trinajstić information content (AvgIpc) is 2.81. The van der Waals surface area contributed by atoms with Crippen LogP contribution in [0, 0.1) is 11.6 Å². The van der Waals surface area contributed by atoms with Crippen molar-refractivity contribution >= 4 is 5.97 Å². The van der Waals surface area contributed by atoms with Gasteiger partial charge in [-0.1, -0.05) is 31.2 Å². The van der Waals surface area contributed by atoms with Crippen molar-refractivity contribution in [2.75, 3.05) is 19.8 Å². The van der Waals surface area contributed by atoms with Crippen LogP contribution in [-0.4, -0.2) is 25.8 Å². The van der Waals surface area contributed by atoms with E-state index >= 15 is 0 Å². The predicted molar refractivity (Wildman–Crippen MR) is 130 cm³/mol. The number of unbranched alkanes of at least 4 members (excludes halogenated alkanes) is 2. The van der Waals surface area contributed by atoms with Crippen LogP contribution in [0.15, 0.2) is 48.6 Å². The van der Waals surface area contributed by atoms with Crippen LogP contribution in [0.3, 0.4) is 0 Å². The highest BCUT2D eigenvalue weighted by Gasteiger charge is 2.41. The van der Waals surface area contributed by atoms with E-state index in [1.165, 1.54) is 12.1 Å². The van der Waals surface area contributed by atoms with Gasteiger partial charge in [0.05, 0.1) is 13.2 Å². The minimum Gasteiger partial charge on any atom is -0.466 e. The number of carbonyl (C=O) groups excluding carboxylic acids is 1. The smallest absolute Gasteiger partial charge is 0.432 e. The van der Waals surface area contributed by atoms with Gasteiger partial charge in [0.25, 0.3) is 0 Å². The van der Waals surface area contributed by atoms with Crippen LogP contribution in [0.2, 0.25) is 0 Å². The highest BCUT2D eigenvalue weighted by molar-refractivity contribution is 5.68. The minimum absolute atomic E-state index is 0.210. The summed E-state index contributed by atoms with van der Waals surface area (Å²) in [7, 11) is 0. The lowest BCUT2D eigenvalue weighted by Gasteiger charge is -2.20. The third-order valence-corrected chi connectivity index (χ3v) is 5.33. The molecule has 2 rings (SSSR count). The molecule has 198 valence electrons. The monoisotopic (exact) mass is 510 g/mol. The highest BCUT2D eigenvalue weighted by atomic mass is 19.3. The Bertz CT molecular complexity index is 967.